The van der Waals surface area contributed by atoms with Gasteiger partial charge in [-0.25, -0.2) is 4.98 Å². The third-order valence-corrected chi connectivity index (χ3v) is 5.45. The fourth-order valence-corrected chi connectivity index (χ4v) is 3.69. The number of carbonyl (C=O) groups is 1. The number of rotatable bonds is 4. The van der Waals surface area contributed by atoms with E-state index in [0.717, 1.165) is 27.0 Å². The van der Waals surface area contributed by atoms with Crippen LogP contribution in [0.15, 0.2) is 53.0 Å². The van der Waals surface area contributed by atoms with Gasteiger partial charge in [0.15, 0.2) is 5.13 Å². The maximum atomic E-state index is 12.4. The molecule has 1 heterocycles. The fourth-order valence-electron chi connectivity index (χ4n) is 2.29. The fraction of sp³-hybridized carbons (Fsp3) is 0.111. The largest absolute Gasteiger partial charge is 0.298 e. The number of hydrogen-bond donors (Lipinski definition) is 1. The second-order valence-corrected chi connectivity index (χ2v) is 7.49. The lowest BCUT2D eigenvalue weighted by Gasteiger charge is -2.03. The number of halogens is 2. The Labute approximate surface area is 157 Å². The lowest BCUT2D eigenvalue weighted by molar-refractivity contribution is 0.102. The van der Waals surface area contributed by atoms with Crippen molar-refractivity contribution >= 4 is 49.9 Å². The molecule has 0 aliphatic carbocycles. The van der Waals surface area contributed by atoms with Gasteiger partial charge in [-0.3, -0.25) is 10.1 Å². The van der Waals surface area contributed by atoms with Crippen LogP contribution in [0.2, 0.25) is 5.02 Å². The van der Waals surface area contributed by atoms with Crippen LogP contribution in [0.4, 0.5) is 5.13 Å². The number of carbonyl (C=O) groups excluding carboxylic acids is 1. The topological polar surface area (TPSA) is 42.0 Å². The van der Waals surface area contributed by atoms with Crippen LogP contribution in [0, 0.1) is 0 Å². The Morgan fingerprint density at radius 2 is 1.92 bits per heavy atom. The van der Waals surface area contributed by atoms with Crippen LogP contribution >= 0.6 is 38.9 Å². The van der Waals surface area contributed by atoms with E-state index < -0.39 is 0 Å². The summed E-state index contributed by atoms with van der Waals surface area (Å²) in [7, 11) is 0. The Morgan fingerprint density at radius 1 is 1.21 bits per heavy atom. The van der Waals surface area contributed by atoms with Gasteiger partial charge in [0.1, 0.15) is 0 Å². The van der Waals surface area contributed by atoms with Gasteiger partial charge in [-0.05, 0) is 30.7 Å². The zero-order valence-corrected chi connectivity index (χ0v) is 16.0. The highest BCUT2D eigenvalue weighted by Crippen LogP contribution is 2.32. The highest BCUT2D eigenvalue weighted by Gasteiger charge is 2.16. The van der Waals surface area contributed by atoms with Gasteiger partial charge in [0.05, 0.1) is 16.3 Å². The summed E-state index contributed by atoms with van der Waals surface area (Å²) in [6.45, 7) is 2.08. The summed E-state index contributed by atoms with van der Waals surface area (Å²) in [5.41, 5.74) is 2.38. The van der Waals surface area contributed by atoms with E-state index in [1.165, 1.54) is 11.3 Å². The zero-order chi connectivity index (χ0) is 17.1. The third kappa shape index (κ3) is 3.69. The SMILES string of the molecule is CCc1sc(NC(=O)c2ccccc2Cl)nc1-c1ccc(Br)cc1. The number of benzene rings is 2. The van der Waals surface area contributed by atoms with Crippen molar-refractivity contribution in [2.45, 2.75) is 13.3 Å². The van der Waals surface area contributed by atoms with Crippen molar-refractivity contribution in [1.29, 1.82) is 0 Å². The van der Waals surface area contributed by atoms with Crippen molar-refractivity contribution in [3.05, 3.63) is 68.5 Å². The summed E-state index contributed by atoms with van der Waals surface area (Å²) < 4.78 is 1.02. The molecule has 0 aliphatic rings. The molecule has 1 N–H and O–H groups in total. The molecule has 2 aromatic carbocycles. The standard InChI is InChI=1S/C18H14BrClN2OS/c1-2-15-16(11-7-9-12(19)10-8-11)21-18(24-15)22-17(23)13-5-3-4-6-14(13)20/h3-10H,2H2,1H3,(H,21,22,23). The Balaban J connectivity index is 1.89. The smallest absolute Gasteiger partial charge is 0.258 e. The molecule has 6 heteroatoms. The number of nitrogens with one attached hydrogen (secondary N) is 1. The molecule has 0 saturated heterocycles. The average molecular weight is 422 g/mol. The lowest BCUT2D eigenvalue weighted by Crippen LogP contribution is -2.12. The van der Waals surface area contributed by atoms with E-state index in [1.54, 1.807) is 24.3 Å². The predicted molar refractivity (Wildman–Crippen MR) is 104 cm³/mol. The number of amides is 1. The summed E-state index contributed by atoms with van der Waals surface area (Å²) in [6, 6.07) is 15.0. The molecule has 0 atom stereocenters. The zero-order valence-electron chi connectivity index (χ0n) is 12.8. The van der Waals surface area contributed by atoms with Gasteiger partial charge in [0.25, 0.3) is 5.91 Å². The molecule has 3 rings (SSSR count). The molecule has 3 nitrogen and oxygen atoms in total. The van der Waals surface area contributed by atoms with Crippen LogP contribution in [0.1, 0.15) is 22.2 Å². The van der Waals surface area contributed by atoms with Crippen LogP contribution in [0.25, 0.3) is 11.3 Å². The molecule has 0 bridgehead atoms. The summed E-state index contributed by atoms with van der Waals surface area (Å²) in [6.07, 6.45) is 0.852. The Bertz CT molecular complexity index is 877. The van der Waals surface area contributed by atoms with Crippen molar-refractivity contribution in [1.82, 2.24) is 4.98 Å². The molecule has 1 amide bonds. The second-order valence-electron chi connectivity index (χ2n) is 5.09. The van der Waals surface area contributed by atoms with Crippen LogP contribution in [-0.2, 0) is 6.42 Å². The minimum absolute atomic E-state index is 0.251. The number of anilines is 1. The molecule has 122 valence electrons. The maximum Gasteiger partial charge on any atom is 0.258 e. The summed E-state index contributed by atoms with van der Waals surface area (Å²) in [5, 5.41) is 3.85. The number of aryl methyl sites for hydroxylation is 1. The lowest BCUT2D eigenvalue weighted by atomic mass is 10.1. The Morgan fingerprint density at radius 3 is 2.58 bits per heavy atom. The predicted octanol–water partition coefficient (Wildman–Crippen LogP) is 6.04. The molecule has 0 fully saturated rings. The van der Waals surface area contributed by atoms with Crippen LogP contribution in [0.5, 0.6) is 0 Å². The monoisotopic (exact) mass is 420 g/mol. The first kappa shape index (κ1) is 17.1. The number of aromatic nitrogens is 1. The summed E-state index contributed by atoms with van der Waals surface area (Å²) >= 11 is 11.0. The molecule has 0 saturated carbocycles. The first-order chi connectivity index (χ1) is 11.6. The molecular weight excluding hydrogens is 408 g/mol. The molecule has 0 spiro atoms. The van der Waals surface area contributed by atoms with E-state index in [-0.39, 0.29) is 5.91 Å². The van der Waals surface area contributed by atoms with Gasteiger partial charge in [-0.2, -0.15) is 0 Å². The number of thiazole rings is 1. The first-order valence-electron chi connectivity index (χ1n) is 7.40. The van der Waals surface area contributed by atoms with E-state index in [9.17, 15) is 4.79 Å². The second kappa shape index (κ2) is 7.47. The first-order valence-corrected chi connectivity index (χ1v) is 9.38. The highest BCUT2D eigenvalue weighted by atomic mass is 79.9. The van der Waals surface area contributed by atoms with Gasteiger partial charge in [0.2, 0.25) is 0 Å². The van der Waals surface area contributed by atoms with E-state index in [0.29, 0.717) is 15.7 Å². The molecule has 3 aromatic rings. The molecule has 0 radical (unpaired) electrons. The quantitative estimate of drug-likeness (QED) is 0.558. The van der Waals surface area contributed by atoms with Crippen LogP contribution < -0.4 is 5.32 Å². The van der Waals surface area contributed by atoms with Crippen molar-refractivity contribution < 1.29 is 4.79 Å². The van der Waals surface area contributed by atoms with Crippen LogP contribution in [0.3, 0.4) is 0 Å². The van der Waals surface area contributed by atoms with Crippen molar-refractivity contribution in [3.63, 3.8) is 0 Å². The molecular formula is C18H14BrClN2OS. The number of hydrogen-bond acceptors (Lipinski definition) is 3. The summed E-state index contributed by atoms with van der Waals surface area (Å²) in [4.78, 5) is 18.1. The van der Waals surface area contributed by atoms with E-state index in [4.69, 9.17) is 11.6 Å². The van der Waals surface area contributed by atoms with Crippen molar-refractivity contribution in [2.24, 2.45) is 0 Å². The van der Waals surface area contributed by atoms with Gasteiger partial charge in [0, 0.05) is 14.9 Å². The van der Waals surface area contributed by atoms with Crippen molar-refractivity contribution in [2.75, 3.05) is 5.32 Å². The van der Waals surface area contributed by atoms with Gasteiger partial charge < -0.3 is 0 Å². The Hall–Kier alpha value is -1.69. The number of nitrogens with zero attached hydrogens (tertiary/aromatic N) is 1. The van der Waals surface area contributed by atoms with Crippen molar-refractivity contribution in [3.8, 4) is 11.3 Å². The maximum absolute atomic E-state index is 12.4. The minimum Gasteiger partial charge on any atom is -0.298 e. The highest BCUT2D eigenvalue weighted by molar-refractivity contribution is 9.10. The molecule has 1 aromatic heterocycles. The van der Waals surface area contributed by atoms with E-state index in [1.807, 2.05) is 24.3 Å². The molecule has 24 heavy (non-hydrogen) atoms. The van der Waals surface area contributed by atoms with Gasteiger partial charge >= 0.3 is 0 Å². The minimum atomic E-state index is -0.251. The van der Waals surface area contributed by atoms with Gasteiger partial charge in [-0.15, -0.1) is 11.3 Å². The Kier molecular flexibility index (Phi) is 5.33. The normalized spacial score (nSPS) is 10.6. The van der Waals surface area contributed by atoms with Crippen LogP contribution in [-0.4, -0.2) is 10.9 Å². The van der Waals surface area contributed by atoms with E-state index in [2.05, 4.69) is 33.2 Å². The average Bonchev–Trinajstić information content (AvgIpc) is 2.98. The summed E-state index contributed by atoms with van der Waals surface area (Å²) in [5.74, 6) is -0.251. The third-order valence-electron chi connectivity index (χ3n) is 3.48. The van der Waals surface area contributed by atoms with E-state index >= 15 is 0 Å². The van der Waals surface area contributed by atoms with Gasteiger partial charge in [-0.1, -0.05) is 58.7 Å². The molecule has 0 unspecified atom stereocenters. The molecule has 0 aliphatic heterocycles.